The Morgan fingerprint density at radius 2 is 1.38 bits per heavy atom. The van der Waals surface area contributed by atoms with Crippen LogP contribution in [-0.2, 0) is 0 Å². The molecule has 0 amide bonds. The van der Waals surface area contributed by atoms with E-state index in [4.69, 9.17) is 0 Å². The van der Waals surface area contributed by atoms with E-state index in [1.54, 1.807) is 0 Å². The van der Waals surface area contributed by atoms with E-state index in [-0.39, 0.29) is 0 Å². The van der Waals surface area contributed by atoms with Crippen molar-refractivity contribution in [1.29, 1.82) is 0 Å². The average Bonchev–Trinajstić information content (AvgIpc) is 2.18. The van der Waals surface area contributed by atoms with Crippen molar-refractivity contribution in [2.45, 2.75) is 38.3 Å². The van der Waals surface area contributed by atoms with Crippen molar-refractivity contribution in [2.75, 3.05) is 0 Å². The van der Waals surface area contributed by atoms with Gasteiger partial charge in [-0.05, 0) is 0 Å². The summed E-state index contributed by atoms with van der Waals surface area (Å²) >= 11 is 3.66. The first-order chi connectivity index (χ1) is 7.52. The fourth-order valence-corrected chi connectivity index (χ4v) is 3.04. The molecule has 2 heteroatoms. The molecule has 0 saturated carbocycles. The average molecular weight is 297 g/mol. The van der Waals surface area contributed by atoms with Crippen molar-refractivity contribution in [1.82, 2.24) is 0 Å². The number of benzene rings is 1. The summed E-state index contributed by atoms with van der Waals surface area (Å²) in [5.74, 6) is 1.86. The van der Waals surface area contributed by atoms with Gasteiger partial charge in [-0.25, -0.2) is 0 Å². The molecule has 0 unspecified atom stereocenters. The van der Waals surface area contributed by atoms with Gasteiger partial charge in [0.1, 0.15) is 0 Å². The molecule has 0 heterocycles. The topological polar surface area (TPSA) is 0 Å². The zero-order valence-corrected chi connectivity index (χ0v) is 13.8. The van der Waals surface area contributed by atoms with Crippen LogP contribution in [0.1, 0.15) is 27.7 Å². The molecule has 0 aliphatic carbocycles. The molecule has 88 valence electrons. The third-order valence-electron chi connectivity index (χ3n) is 2.02. The SMILES string of the molecule is CC(C)[CH2][Al][CH2]C(C)C.[Se]c1ccccc1. The maximum atomic E-state index is 2.90. The van der Waals surface area contributed by atoms with Crippen LogP contribution in [0, 0.1) is 11.8 Å². The second-order valence-corrected chi connectivity index (χ2v) is 7.37. The summed E-state index contributed by atoms with van der Waals surface area (Å²) in [5.41, 5.74) is 0. The molecule has 1 rings (SSSR count). The standard InChI is InChI=1S/C6H5Se.2C4H9.Al/c7-6-4-2-1-3-5-6;2*1-4(2)3;/h1-5H;2*4H,1H2,2-3H3;. The monoisotopic (exact) mass is 298 g/mol. The molecule has 1 aromatic carbocycles. The Balaban J connectivity index is 0.000000288. The van der Waals surface area contributed by atoms with Gasteiger partial charge in [-0.1, -0.05) is 39.5 Å². The van der Waals surface area contributed by atoms with Crippen LogP contribution in [0.4, 0.5) is 0 Å². The predicted octanol–water partition coefficient (Wildman–Crippen LogP) is 3.32. The van der Waals surface area contributed by atoms with E-state index in [1.165, 1.54) is 15.0 Å². The molecule has 0 fully saturated rings. The summed E-state index contributed by atoms with van der Waals surface area (Å²) in [6.45, 7) is 9.25. The summed E-state index contributed by atoms with van der Waals surface area (Å²) in [4.78, 5) is 0. The van der Waals surface area contributed by atoms with Gasteiger partial charge in [-0.15, -0.1) is 10.6 Å². The fourth-order valence-electron chi connectivity index (χ4n) is 1.18. The maximum absolute atomic E-state index is 2.90. The third-order valence-corrected chi connectivity index (χ3v) is 5.14. The Morgan fingerprint density at radius 3 is 1.62 bits per heavy atom. The quantitative estimate of drug-likeness (QED) is 0.748. The molecule has 0 nitrogen and oxygen atoms in total. The predicted molar refractivity (Wildman–Crippen MR) is 76.9 cm³/mol. The van der Waals surface area contributed by atoms with E-state index in [1.807, 2.05) is 30.3 Å². The van der Waals surface area contributed by atoms with Crippen LogP contribution >= 0.6 is 0 Å². The van der Waals surface area contributed by atoms with Gasteiger partial charge >= 0.3 is 50.8 Å². The molecule has 0 aromatic heterocycles. The van der Waals surface area contributed by atoms with E-state index < -0.39 is 0 Å². The van der Waals surface area contributed by atoms with Gasteiger partial charge in [0, 0.05) is 0 Å². The van der Waals surface area contributed by atoms with Crippen LogP contribution in [-0.4, -0.2) is 31.2 Å². The van der Waals surface area contributed by atoms with Crippen molar-refractivity contribution in [3.05, 3.63) is 30.3 Å². The van der Waals surface area contributed by atoms with E-state index in [2.05, 4.69) is 43.7 Å². The zero-order chi connectivity index (χ0) is 12.4. The second kappa shape index (κ2) is 10.4. The van der Waals surface area contributed by atoms with Crippen molar-refractivity contribution in [3.8, 4) is 0 Å². The molecule has 0 aliphatic rings. The van der Waals surface area contributed by atoms with Crippen LogP contribution in [0.3, 0.4) is 0 Å². The van der Waals surface area contributed by atoms with E-state index >= 15 is 0 Å². The first-order valence-electron chi connectivity index (χ1n) is 6.06. The molecule has 0 saturated heterocycles. The van der Waals surface area contributed by atoms with Crippen molar-refractivity contribution in [2.24, 2.45) is 11.8 Å². The number of hydrogen-bond donors (Lipinski definition) is 0. The molecule has 0 atom stereocenters. The van der Waals surface area contributed by atoms with E-state index in [0.29, 0.717) is 0 Å². The van der Waals surface area contributed by atoms with Gasteiger partial charge in [-0.3, -0.25) is 0 Å². The second-order valence-electron chi connectivity index (χ2n) is 4.86. The van der Waals surface area contributed by atoms with E-state index in [9.17, 15) is 0 Å². The van der Waals surface area contributed by atoms with Crippen LogP contribution in [0.15, 0.2) is 30.3 Å². The normalized spacial score (nSPS) is 9.88. The van der Waals surface area contributed by atoms with Crippen LogP contribution in [0.25, 0.3) is 0 Å². The van der Waals surface area contributed by atoms with Crippen molar-refractivity contribution >= 4 is 35.7 Å². The summed E-state index contributed by atoms with van der Waals surface area (Å²) in [5, 5.41) is 2.97. The van der Waals surface area contributed by atoms with Crippen LogP contribution < -0.4 is 4.46 Å². The summed E-state index contributed by atoms with van der Waals surface area (Å²) in [7, 11) is 0. The molecule has 16 heavy (non-hydrogen) atoms. The molecule has 0 aliphatic heterocycles. The first-order valence-corrected chi connectivity index (χ1v) is 8.55. The molecule has 0 N–H and O–H groups in total. The minimum atomic E-state index is 0.755. The summed E-state index contributed by atoms with van der Waals surface area (Å²) < 4.78 is 1.20. The molecular weight excluding hydrogens is 274 g/mol. The number of hydrogen-bond acceptors (Lipinski definition) is 0. The molecule has 0 bridgehead atoms. The Morgan fingerprint density at radius 1 is 0.938 bits per heavy atom. The van der Waals surface area contributed by atoms with Gasteiger partial charge in [-0.2, -0.15) is 0 Å². The summed E-state index contributed by atoms with van der Waals surface area (Å²) in [6.07, 6.45) is 0. The molecule has 0 spiro atoms. The van der Waals surface area contributed by atoms with Gasteiger partial charge in [0.05, 0.1) is 0 Å². The summed E-state index contributed by atoms with van der Waals surface area (Å²) in [6, 6.07) is 10.1. The van der Waals surface area contributed by atoms with Crippen LogP contribution in [0.2, 0.25) is 10.6 Å². The minimum absolute atomic E-state index is 0.755. The Kier molecular flexibility index (Phi) is 10.6. The van der Waals surface area contributed by atoms with Crippen molar-refractivity contribution in [3.63, 3.8) is 0 Å². The van der Waals surface area contributed by atoms with Crippen LogP contribution in [0.5, 0.6) is 0 Å². The van der Waals surface area contributed by atoms with Gasteiger partial charge in [0.15, 0.2) is 0 Å². The molecule has 2 radical (unpaired) electrons. The molecular formula is C14H23AlSe. The Labute approximate surface area is 116 Å². The first kappa shape index (κ1) is 16.3. The number of rotatable bonds is 4. The third kappa shape index (κ3) is 12.3. The zero-order valence-electron chi connectivity index (χ0n) is 10.9. The van der Waals surface area contributed by atoms with Gasteiger partial charge in [0.2, 0.25) is 15.2 Å². The van der Waals surface area contributed by atoms with Gasteiger partial charge in [0.25, 0.3) is 0 Å². The van der Waals surface area contributed by atoms with Crippen molar-refractivity contribution < 1.29 is 0 Å². The Bertz CT molecular complexity index is 236. The fraction of sp³-hybridized carbons (Fsp3) is 0.571. The van der Waals surface area contributed by atoms with E-state index in [0.717, 1.165) is 27.1 Å². The Hall–Kier alpha value is 0.272. The van der Waals surface area contributed by atoms with Gasteiger partial charge < -0.3 is 0 Å². The molecule has 1 aromatic rings.